The smallest absolute Gasteiger partial charge is 0.338 e. The first-order valence-corrected chi connectivity index (χ1v) is 8.48. The highest BCUT2D eigenvalue weighted by atomic mass is 16.6. The van der Waals surface area contributed by atoms with Gasteiger partial charge in [-0.25, -0.2) is 4.79 Å². The van der Waals surface area contributed by atoms with Crippen molar-refractivity contribution in [2.75, 3.05) is 20.8 Å². The van der Waals surface area contributed by atoms with E-state index >= 15 is 0 Å². The second kappa shape index (κ2) is 7.36. The highest BCUT2D eigenvalue weighted by Gasteiger charge is 2.51. The van der Waals surface area contributed by atoms with E-state index in [9.17, 15) is 20.1 Å². The Balaban J connectivity index is 1.84. The van der Waals surface area contributed by atoms with Gasteiger partial charge in [0.05, 0.1) is 20.8 Å². The zero-order valence-electron chi connectivity index (χ0n) is 15.1. The molecule has 2 aromatic rings. The molecule has 27 heavy (non-hydrogen) atoms. The van der Waals surface area contributed by atoms with Crippen LogP contribution in [0.25, 0.3) is 0 Å². The Morgan fingerprint density at radius 1 is 1.04 bits per heavy atom. The van der Waals surface area contributed by atoms with Gasteiger partial charge in [0.25, 0.3) is 0 Å². The molecular weight excluding hydrogens is 352 g/mol. The quantitative estimate of drug-likeness (QED) is 0.662. The average Bonchev–Trinajstić information content (AvgIpc) is 2.92. The number of benzene rings is 2. The van der Waals surface area contributed by atoms with E-state index in [0.29, 0.717) is 17.7 Å². The molecule has 0 radical (unpaired) electrons. The molecule has 2 atom stereocenters. The van der Waals surface area contributed by atoms with Gasteiger partial charge in [0, 0.05) is 12.3 Å². The summed E-state index contributed by atoms with van der Waals surface area (Å²) in [5, 5.41) is 30.5. The minimum atomic E-state index is -1.70. The third-order valence-corrected chi connectivity index (χ3v) is 4.89. The lowest BCUT2D eigenvalue weighted by atomic mass is 9.81. The number of methoxy groups -OCH3 is 2. The summed E-state index contributed by atoms with van der Waals surface area (Å²) in [6.45, 7) is 0.0910. The Hall–Kier alpha value is -2.93. The van der Waals surface area contributed by atoms with E-state index < -0.39 is 17.5 Å². The molecule has 1 unspecified atom stereocenters. The third kappa shape index (κ3) is 3.64. The molecule has 2 aromatic carbocycles. The fourth-order valence-electron chi connectivity index (χ4n) is 3.33. The molecular formula is C20H22O7. The summed E-state index contributed by atoms with van der Waals surface area (Å²) < 4.78 is 15.3. The summed E-state index contributed by atoms with van der Waals surface area (Å²) >= 11 is 0. The highest BCUT2D eigenvalue weighted by molar-refractivity contribution is 5.82. The van der Waals surface area contributed by atoms with Gasteiger partial charge in [0.15, 0.2) is 28.6 Å². The molecule has 0 saturated carbocycles. The standard InChI is InChI=1S/C20H22O7/c1-25-17-8-12(3-5-15(17)21)7-14-11-27-19(23)20(14,24)10-13-4-6-16(22)18(9-13)26-2/h3-6,8-9,14,21-22,24H,7,10-11H2,1-2H3/t14?,20-/m0/s1. The molecule has 144 valence electrons. The number of carbonyl (C=O) groups is 1. The van der Waals surface area contributed by atoms with E-state index in [2.05, 4.69) is 0 Å². The predicted molar refractivity (Wildman–Crippen MR) is 96.1 cm³/mol. The Labute approximate surface area is 156 Å². The van der Waals surface area contributed by atoms with Gasteiger partial charge in [-0.05, 0) is 41.8 Å². The number of phenols is 2. The first kappa shape index (κ1) is 18.8. The summed E-state index contributed by atoms with van der Waals surface area (Å²) in [6, 6.07) is 9.56. The van der Waals surface area contributed by atoms with E-state index in [1.165, 1.54) is 26.4 Å². The lowest BCUT2D eigenvalue weighted by Gasteiger charge is -2.26. The van der Waals surface area contributed by atoms with Crippen molar-refractivity contribution < 1.29 is 34.3 Å². The van der Waals surface area contributed by atoms with Crippen molar-refractivity contribution in [3.05, 3.63) is 47.5 Å². The zero-order valence-corrected chi connectivity index (χ0v) is 15.1. The molecule has 1 heterocycles. The maximum absolute atomic E-state index is 12.3. The van der Waals surface area contributed by atoms with Crippen LogP contribution in [0.5, 0.6) is 23.0 Å². The summed E-state index contributed by atoms with van der Waals surface area (Å²) in [6.07, 6.45) is 0.399. The molecule has 0 aliphatic carbocycles. The van der Waals surface area contributed by atoms with Crippen molar-refractivity contribution in [2.24, 2.45) is 5.92 Å². The van der Waals surface area contributed by atoms with Crippen LogP contribution in [0, 0.1) is 5.92 Å². The van der Waals surface area contributed by atoms with Crippen LogP contribution in [-0.2, 0) is 22.4 Å². The molecule has 3 rings (SSSR count). The second-order valence-electron chi connectivity index (χ2n) is 6.61. The largest absolute Gasteiger partial charge is 0.504 e. The number of esters is 1. The SMILES string of the molecule is COc1cc(CC2COC(=O)[C@]2(O)Cc2ccc(O)c(OC)c2)ccc1O. The fraction of sp³-hybridized carbons (Fsp3) is 0.350. The lowest BCUT2D eigenvalue weighted by molar-refractivity contribution is -0.154. The molecule has 0 amide bonds. The molecule has 0 bridgehead atoms. The van der Waals surface area contributed by atoms with Crippen LogP contribution >= 0.6 is 0 Å². The first-order valence-electron chi connectivity index (χ1n) is 8.48. The number of phenolic OH excluding ortho intramolecular Hbond substituents is 2. The van der Waals surface area contributed by atoms with Gasteiger partial charge in [0.2, 0.25) is 0 Å². The predicted octanol–water partition coefficient (Wildman–Crippen LogP) is 1.80. The van der Waals surface area contributed by atoms with Crippen LogP contribution < -0.4 is 9.47 Å². The molecule has 1 fully saturated rings. The van der Waals surface area contributed by atoms with Crippen LogP contribution in [0.1, 0.15) is 11.1 Å². The van der Waals surface area contributed by atoms with Crippen molar-refractivity contribution in [1.29, 1.82) is 0 Å². The van der Waals surface area contributed by atoms with Gasteiger partial charge in [-0.15, -0.1) is 0 Å². The van der Waals surface area contributed by atoms with Gasteiger partial charge in [0.1, 0.15) is 0 Å². The maximum atomic E-state index is 12.3. The normalized spacial score (nSPS) is 21.7. The Morgan fingerprint density at radius 2 is 1.59 bits per heavy atom. The van der Waals surface area contributed by atoms with Gasteiger partial charge in [-0.3, -0.25) is 0 Å². The topological polar surface area (TPSA) is 105 Å². The Kier molecular flexibility index (Phi) is 5.14. The summed E-state index contributed by atoms with van der Waals surface area (Å²) in [7, 11) is 2.88. The maximum Gasteiger partial charge on any atom is 0.338 e. The number of hydrogen-bond acceptors (Lipinski definition) is 7. The van der Waals surface area contributed by atoms with E-state index in [1.807, 2.05) is 0 Å². The molecule has 0 aromatic heterocycles. The number of carbonyl (C=O) groups excluding carboxylic acids is 1. The van der Waals surface area contributed by atoms with Gasteiger partial charge < -0.3 is 29.5 Å². The van der Waals surface area contributed by atoms with E-state index in [4.69, 9.17) is 14.2 Å². The van der Waals surface area contributed by atoms with Crippen molar-refractivity contribution >= 4 is 5.97 Å². The molecule has 1 saturated heterocycles. The second-order valence-corrected chi connectivity index (χ2v) is 6.61. The number of aromatic hydroxyl groups is 2. The van der Waals surface area contributed by atoms with Crippen molar-refractivity contribution in [2.45, 2.75) is 18.4 Å². The molecule has 1 aliphatic heterocycles. The summed E-state index contributed by atoms with van der Waals surface area (Å²) in [4.78, 5) is 12.3. The number of aliphatic hydroxyl groups is 1. The molecule has 1 aliphatic rings. The minimum absolute atomic E-state index is 0.0185. The number of hydrogen-bond donors (Lipinski definition) is 3. The van der Waals surface area contributed by atoms with Gasteiger partial charge in [-0.1, -0.05) is 12.1 Å². The lowest BCUT2D eigenvalue weighted by Crippen LogP contribution is -2.44. The zero-order chi connectivity index (χ0) is 19.6. The monoisotopic (exact) mass is 374 g/mol. The molecule has 0 spiro atoms. The van der Waals surface area contributed by atoms with E-state index in [0.717, 1.165) is 5.56 Å². The summed E-state index contributed by atoms with van der Waals surface area (Å²) in [5.41, 5.74) is -0.262. The van der Waals surface area contributed by atoms with Crippen LogP contribution in [0.15, 0.2) is 36.4 Å². The van der Waals surface area contributed by atoms with Gasteiger partial charge >= 0.3 is 5.97 Å². The fourth-order valence-corrected chi connectivity index (χ4v) is 3.33. The Morgan fingerprint density at radius 3 is 2.19 bits per heavy atom. The molecule has 7 nitrogen and oxygen atoms in total. The van der Waals surface area contributed by atoms with Gasteiger partial charge in [-0.2, -0.15) is 0 Å². The minimum Gasteiger partial charge on any atom is -0.504 e. The van der Waals surface area contributed by atoms with Crippen LogP contribution in [0.2, 0.25) is 0 Å². The van der Waals surface area contributed by atoms with Crippen molar-refractivity contribution in [3.63, 3.8) is 0 Å². The van der Waals surface area contributed by atoms with Crippen LogP contribution in [0.4, 0.5) is 0 Å². The average molecular weight is 374 g/mol. The number of cyclic esters (lactones) is 1. The number of ether oxygens (including phenoxy) is 3. The highest BCUT2D eigenvalue weighted by Crippen LogP contribution is 2.36. The van der Waals surface area contributed by atoms with E-state index in [-0.39, 0.29) is 30.3 Å². The van der Waals surface area contributed by atoms with Crippen molar-refractivity contribution in [3.8, 4) is 23.0 Å². The number of rotatable bonds is 6. The van der Waals surface area contributed by atoms with E-state index in [1.54, 1.807) is 24.3 Å². The molecule has 3 N–H and O–H groups in total. The van der Waals surface area contributed by atoms with Crippen LogP contribution in [-0.4, -0.2) is 47.7 Å². The summed E-state index contributed by atoms with van der Waals surface area (Å²) in [5.74, 6) is -0.558. The Bertz CT molecular complexity index is 848. The molecule has 7 heteroatoms. The van der Waals surface area contributed by atoms with Crippen molar-refractivity contribution in [1.82, 2.24) is 0 Å². The first-order chi connectivity index (χ1) is 12.9. The van der Waals surface area contributed by atoms with Crippen LogP contribution in [0.3, 0.4) is 0 Å². The third-order valence-electron chi connectivity index (χ3n) is 4.89.